The Morgan fingerprint density at radius 1 is 1.00 bits per heavy atom. The third kappa shape index (κ3) is 4.59. The van der Waals surface area contributed by atoms with E-state index in [-0.39, 0.29) is 0 Å². The lowest BCUT2D eigenvalue weighted by molar-refractivity contribution is 0.177. The molecule has 1 aliphatic rings. The molecule has 2 aromatic rings. The molecular formula is C21H27N3S. The van der Waals surface area contributed by atoms with E-state index in [1.807, 2.05) is 0 Å². The quantitative estimate of drug-likeness (QED) is 0.836. The van der Waals surface area contributed by atoms with Crippen LogP contribution in [0.1, 0.15) is 22.3 Å². The van der Waals surface area contributed by atoms with Crippen LogP contribution in [0.4, 0.5) is 5.69 Å². The summed E-state index contributed by atoms with van der Waals surface area (Å²) in [7, 11) is 0. The lowest BCUT2D eigenvalue weighted by atomic mass is 10.1. The van der Waals surface area contributed by atoms with Crippen LogP contribution in [0.3, 0.4) is 0 Å². The Morgan fingerprint density at radius 3 is 2.44 bits per heavy atom. The van der Waals surface area contributed by atoms with E-state index in [1.165, 1.54) is 22.3 Å². The average Bonchev–Trinajstić information content (AvgIpc) is 2.59. The van der Waals surface area contributed by atoms with E-state index in [0.717, 1.165) is 43.5 Å². The van der Waals surface area contributed by atoms with E-state index < -0.39 is 0 Å². The van der Waals surface area contributed by atoms with Gasteiger partial charge in [0.15, 0.2) is 5.11 Å². The number of nitrogens with zero attached hydrogens (tertiary/aromatic N) is 2. The fourth-order valence-corrected chi connectivity index (χ4v) is 3.55. The second-order valence-electron chi connectivity index (χ2n) is 6.93. The Balaban J connectivity index is 1.53. The number of hydrogen-bond acceptors (Lipinski definition) is 2. The summed E-state index contributed by atoms with van der Waals surface area (Å²) in [5, 5.41) is 4.27. The normalized spacial score (nSPS) is 15.2. The Kier molecular flexibility index (Phi) is 5.71. The second-order valence-corrected chi connectivity index (χ2v) is 7.32. The predicted molar refractivity (Wildman–Crippen MR) is 110 cm³/mol. The van der Waals surface area contributed by atoms with Crippen molar-refractivity contribution in [3.05, 3.63) is 64.7 Å². The van der Waals surface area contributed by atoms with Crippen LogP contribution < -0.4 is 5.32 Å². The Bertz CT molecular complexity index is 749. The highest BCUT2D eigenvalue weighted by atomic mass is 32.1. The largest absolute Gasteiger partial charge is 0.346 e. The maximum atomic E-state index is 5.64. The first kappa shape index (κ1) is 17.9. The highest BCUT2D eigenvalue weighted by Gasteiger charge is 2.19. The van der Waals surface area contributed by atoms with Crippen molar-refractivity contribution in [2.24, 2.45) is 0 Å². The van der Waals surface area contributed by atoms with E-state index in [0.29, 0.717) is 0 Å². The summed E-state index contributed by atoms with van der Waals surface area (Å²) in [5.74, 6) is 0. The fourth-order valence-electron chi connectivity index (χ4n) is 3.26. The van der Waals surface area contributed by atoms with Gasteiger partial charge in [-0.2, -0.15) is 0 Å². The molecule has 1 heterocycles. The summed E-state index contributed by atoms with van der Waals surface area (Å²) in [6.45, 7) is 11.5. The zero-order valence-electron chi connectivity index (χ0n) is 15.4. The molecule has 0 bridgehead atoms. The molecule has 0 atom stereocenters. The third-order valence-corrected chi connectivity index (χ3v) is 5.35. The number of rotatable bonds is 3. The molecule has 1 fully saturated rings. The van der Waals surface area contributed by atoms with Gasteiger partial charge in [0.05, 0.1) is 0 Å². The van der Waals surface area contributed by atoms with Gasteiger partial charge in [-0.15, -0.1) is 0 Å². The van der Waals surface area contributed by atoms with Crippen LogP contribution >= 0.6 is 12.2 Å². The summed E-state index contributed by atoms with van der Waals surface area (Å²) in [5.41, 5.74) is 6.39. The summed E-state index contributed by atoms with van der Waals surface area (Å²) < 4.78 is 0. The molecule has 3 nitrogen and oxygen atoms in total. The lowest BCUT2D eigenvalue weighted by Gasteiger charge is -2.36. The lowest BCUT2D eigenvalue weighted by Crippen LogP contribution is -2.49. The minimum absolute atomic E-state index is 0.837. The van der Waals surface area contributed by atoms with E-state index in [4.69, 9.17) is 12.2 Å². The van der Waals surface area contributed by atoms with Gasteiger partial charge >= 0.3 is 0 Å². The van der Waals surface area contributed by atoms with Crippen molar-refractivity contribution < 1.29 is 0 Å². The van der Waals surface area contributed by atoms with Gasteiger partial charge in [0.1, 0.15) is 0 Å². The molecule has 0 unspecified atom stereocenters. The number of benzene rings is 2. The Hall–Kier alpha value is -1.91. The van der Waals surface area contributed by atoms with Gasteiger partial charge in [0.25, 0.3) is 0 Å². The van der Waals surface area contributed by atoms with Crippen molar-refractivity contribution in [1.29, 1.82) is 0 Å². The highest BCUT2D eigenvalue weighted by molar-refractivity contribution is 7.80. The van der Waals surface area contributed by atoms with Crippen molar-refractivity contribution >= 4 is 23.0 Å². The Morgan fingerprint density at radius 2 is 1.72 bits per heavy atom. The van der Waals surface area contributed by atoms with Crippen LogP contribution in [0.25, 0.3) is 0 Å². The fraction of sp³-hybridized carbons (Fsp3) is 0.381. The van der Waals surface area contributed by atoms with Crippen LogP contribution in [0, 0.1) is 20.8 Å². The molecule has 2 aromatic carbocycles. The summed E-state index contributed by atoms with van der Waals surface area (Å²) in [6, 6.07) is 15.1. The minimum atomic E-state index is 0.837. The van der Waals surface area contributed by atoms with Crippen molar-refractivity contribution in [3.8, 4) is 0 Å². The number of anilines is 1. The van der Waals surface area contributed by atoms with Crippen molar-refractivity contribution in [2.45, 2.75) is 27.3 Å². The van der Waals surface area contributed by atoms with Gasteiger partial charge in [0, 0.05) is 38.4 Å². The smallest absolute Gasteiger partial charge is 0.173 e. The molecule has 0 spiro atoms. The van der Waals surface area contributed by atoms with Gasteiger partial charge in [0.2, 0.25) is 0 Å². The number of nitrogens with one attached hydrogen (secondary N) is 1. The molecule has 4 heteroatoms. The summed E-state index contributed by atoms with van der Waals surface area (Å²) in [4.78, 5) is 4.79. The SMILES string of the molecule is Cc1cccc(CN2CCN(C(=S)Nc3cccc(C)c3C)CC2)c1. The maximum Gasteiger partial charge on any atom is 0.173 e. The topological polar surface area (TPSA) is 18.5 Å². The van der Waals surface area contributed by atoms with Crippen molar-refractivity contribution in [1.82, 2.24) is 9.80 Å². The minimum Gasteiger partial charge on any atom is -0.346 e. The molecule has 1 aliphatic heterocycles. The number of thiocarbonyl (C=S) groups is 1. The van der Waals surface area contributed by atoms with Crippen LogP contribution in [-0.2, 0) is 6.54 Å². The number of piperazine rings is 1. The first-order valence-electron chi connectivity index (χ1n) is 8.93. The van der Waals surface area contributed by atoms with Crippen LogP contribution in [0.15, 0.2) is 42.5 Å². The molecule has 132 valence electrons. The molecule has 0 aromatic heterocycles. The second kappa shape index (κ2) is 7.98. The van der Waals surface area contributed by atoms with Gasteiger partial charge in [-0.1, -0.05) is 42.0 Å². The first-order valence-corrected chi connectivity index (χ1v) is 9.34. The average molecular weight is 354 g/mol. The van der Waals surface area contributed by atoms with Crippen molar-refractivity contribution in [3.63, 3.8) is 0 Å². The molecule has 25 heavy (non-hydrogen) atoms. The molecule has 0 saturated carbocycles. The van der Waals surface area contributed by atoms with Crippen LogP contribution in [-0.4, -0.2) is 41.1 Å². The molecule has 0 radical (unpaired) electrons. The van der Waals surface area contributed by atoms with E-state index in [2.05, 4.69) is 78.4 Å². The van der Waals surface area contributed by atoms with Gasteiger partial charge in [-0.05, 0) is 55.7 Å². The molecule has 1 saturated heterocycles. The van der Waals surface area contributed by atoms with Crippen LogP contribution in [0.2, 0.25) is 0 Å². The Labute approximate surface area is 156 Å². The third-order valence-electron chi connectivity index (χ3n) is 4.99. The molecule has 1 N–H and O–H groups in total. The highest BCUT2D eigenvalue weighted by Crippen LogP contribution is 2.19. The van der Waals surface area contributed by atoms with E-state index in [9.17, 15) is 0 Å². The standard InChI is InChI=1S/C21H27N3S/c1-16-6-4-8-19(14-16)15-23-10-12-24(13-11-23)21(25)22-20-9-5-7-17(2)18(20)3/h4-9,14H,10-13,15H2,1-3H3,(H,22,25). The molecule has 3 rings (SSSR count). The zero-order valence-corrected chi connectivity index (χ0v) is 16.2. The van der Waals surface area contributed by atoms with E-state index in [1.54, 1.807) is 0 Å². The summed E-state index contributed by atoms with van der Waals surface area (Å²) in [6.07, 6.45) is 0. The van der Waals surface area contributed by atoms with E-state index >= 15 is 0 Å². The maximum absolute atomic E-state index is 5.64. The molecular weight excluding hydrogens is 326 g/mol. The zero-order chi connectivity index (χ0) is 17.8. The van der Waals surface area contributed by atoms with Gasteiger partial charge in [-0.25, -0.2) is 0 Å². The van der Waals surface area contributed by atoms with Gasteiger partial charge in [-0.3, -0.25) is 4.90 Å². The van der Waals surface area contributed by atoms with Crippen LogP contribution in [0.5, 0.6) is 0 Å². The number of hydrogen-bond donors (Lipinski definition) is 1. The first-order chi connectivity index (χ1) is 12.0. The molecule has 0 amide bonds. The molecule has 0 aliphatic carbocycles. The number of aryl methyl sites for hydroxylation is 2. The summed E-state index contributed by atoms with van der Waals surface area (Å²) >= 11 is 5.64. The predicted octanol–water partition coefficient (Wildman–Crippen LogP) is 4.13. The monoisotopic (exact) mass is 353 g/mol. The van der Waals surface area contributed by atoms with Crippen molar-refractivity contribution in [2.75, 3.05) is 31.5 Å². The van der Waals surface area contributed by atoms with Gasteiger partial charge < -0.3 is 10.2 Å².